The van der Waals surface area contributed by atoms with Gasteiger partial charge in [-0.05, 0) is 79.6 Å². The van der Waals surface area contributed by atoms with Crippen molar-refractivity contribution < 1.29 is 66.2 Å². The molecule has 0 spiro atoms. The van der Waals surface area contributed by atoms with Crippen LogP contribution in [0.3, 0.4) is 0 Å². The molecule has 6 aromatic rings. The predicted octanol–water partition coefficient (Wildman–Crippen LogP) is 5.91. The Balaban J connectivity index is 0.00000185. The molecule has 0 aliphatic rings. The van der Waals surface area contributed by atoms with Crippen LogP contribution in [-0.2, 0) is 50.5 Å². The minimum Gasteiger partial charge on any atom is -0.505 e. The molecule has 0 fully saturated rings. The number of rotatable bonds is 15. The summed E-state index contributed by atoms with van der Waals surface area (Å²) in [6.45, 7) is 5.25. The summed E-state index contributed by atoms with van der Waals surface area (Å²) in [6, 6.07) is 18.8. The number of nitrogens with one attached hydrogen (secondary N) is 3. The number of ether oxygens (including phenoxy) is 1. The molecule has 1 aromatic heterocycles. The van der Waals surface area contributed by atoms with E-state index >= 15 is 0 Å². The fourth-order valence-corrected chi connectivity index (χ4v) is 7.46. The molecule has 5 aromatic carbocycles. The molecule has 1 heterocycles. The highest BCUT2D eigenvalue weighted by molar-refractivity contribution is 7.86. The number of nitrogens with zero attached hydrogens (tertiary/aromatic N) is 5. The lowest BCUT2D eigenvalue weighted by atomic mass is 9.91. The molecule has 0 aliphatic heterocycles. The molecule has 0 aliphatic carbocycles. The normalized spacial score (nSPS) is 12.1. The Morgan fingerprint density at radius 2 is 1.28 bits per heavy atom. The fourth-order valence-electron chi connectivity index (χ4n) is 5.60. The third-order valence-corrected chi connectivity index (χ3v) is 11.7. The molecule has 0 amide bonds. The standard InChI is InChI=1S/C37H36N8O12S3.O3S/c1-4-37(2,3)33(47)57-18-17-38-34-41-35(39-23-11-13-24(14-12-23)58(48,49)50)43-36(42-34)40-29-20-25(59(51,52)53)19-22-10-15-27(31(46)30(22)29)44-45-28-16-9-21-7-5-6-8-26(21)32(28)60(54,55)56;1-4(2)3/h5-16,19-20,46H,4,17-18H2,1-3H3,(H,48,49,50)(H,51,52,53)(H,54,55,56)(H3,38,39,40,41,42,43);. The highest BCUT2D eigenvalue weighted by atomic mass is 32.2. The first-order valence-corrected chi connectivity index (χ1v) is 23.4. The number of esters is 1. The van der Waals surface area contributed by atoms with E-state index in [0.29, 0.717) is 11.8 Å². The van der Waals surface area contributed by atoms with Crippen LogP contribution in [0.5, 0.6) is 5.75 Å². The molecule has 338 valence electrons. The van der Waals surface area contributed by atoms with E-state index in [-0.39, 0.29) is 74.8 Å². The van der Waals surface area contributed by atoms with Crippen LogP contribution in [0.2, 0.25) is 0 Å². The van der Waals surface area contributed by atoms with E-state index in [1.807, 2.05) is 6.92 Å². The number of azo groups is 1. The van der Waals surface area contributed by atoms with E-state index in [0.717, 1.165) is 24.3 Å². The van der Waals surface area contributed by atoms with E-state index in [1.165, 1.54) is 36.4 Å². The van der Waals surface area contributed by atoms with Gasteiger partial charge in [-0.2, -0.15) is 40.2 Å². The van der Waals surface area contributed by atoms with Crippen molar-refractivity contribution in [3.05, 3.63) is 84.9 Å². The maximum absolute atomic E-state index is 12.5. The van der Waals surface area contributed by atoms with Crippen molar-refractivity contribution in [2.24, 2.45) is 15.6 Å². The monoisotopic (exact) mass is 960 g/mol. The van der Waals surface area contributed by atoms with Crippen LogP contribution in [-0.4, -0.2) is 90.7 Å². The zero-order valence-corrected chi connectivity index (χ0v) is 36.6. The van der Waals surface area contributed by atoms with E-state index < -0.39 is 67.9 Å². The zero-order chi connectivity index (χ0) is 47.2. The van der Waals surface area contributed by atoms with Crippen LogP contribution in [0.1, 0.15) is 27.2 Å². The van der Waals surface area contributed by atoms with Crippen molar-refractivity contribution in [3.63, 3.8) is 0 Å². The number of fused-ring (bicyclic) bond motifs is 2. The van der Waals surface area contributed by atoms with Gasteiger partial charge in [0.25, 0.3) is 30.4 Å². The Hall–Kier alpha value is -6.75. The van der Waals surface area contributed by atoms with E-state index in [9.17, 15) is 48.8 Å². The molecule has 0 atom stereocenters. The molecule has 0 bridgehead atoms. The third kappa shape index (κ3) is 12.2. The molecular formula is C37H36N8O15S4. The first kappa shape index (κ1) is 48.3. The molecule has 0 unspecified atom stereocenters. The summed E-state index contributed by atoms with van der Waals surface area (Å²) < 4.78 is 133. The number of carbonyl (C=O) groups is 1. The summed E-state index contributed by atoms with van der Waals surface area (Å²) in [4.78, 5) is 23.9. The Kier molecular flexibility index (Phi) is 14.6. The average Bonchev–Trinajstić information content (AvgIpc) is 3.20. The van der Waals surface area contributed by atoms with Crippen LogP contribution < -0.4 is 16.0 Å². The average molecular weight is 961 g/mol. The Morgan fingerprint density at radius 1 is 0.719 bits per heavy atom. The van der Waals surface area contributed by atoms with Crippen molar-refractivity contribution in [1.82, 2.24) is 15.0 Å². The highest BCUT2D eigenvalue weighted by Crippen LogP contribution is 2.42. The second kappa shape index (κ2) is 19.3. The molecule has 23 nitrogen and oxygen atoms in total. The molecule has 7 N–H and O–H groups in total. The number of hydrogen-bond acceptors (Lipinski definition) is 20. The van der Waals surface area contributed by atoms with Crippen molar-refractivity contribution in [2.45, 2.75) is 41.9 Å². The minimum atomic E-state index is -4.84. The van der Waals surface area contributed by atoms with Gasteiger partial charge >= 0.3 is 16.6 Å². The minimum absolute atomic E-state index is 0.0182. The second-order valence-corrected chi connectivity index (χ2v) is 18.5. The summed E-state index contributed by atoms with van der Waals surface area (Å²) in [5.74, 6) is -1.55. The highest BCUT2D eigenvalue weighted by Gasteiger charge is 2.27. The topological polar surface area (TPSA) is 360 Å². The number of aromatic hydroxyl groups is 1. The Bertz CT molecular complexity index is 3260. The number of hydrogen-bond donors (Lipinski definition) is 7. The summed E-state index contributed by atoms with van der Waals surface area (Å²) in [5.41, 5.74) is -1.13. The number of phenolic OH excluding ortho intramolecular Hbond substituents is 1. The van der Waals surface area contributed by atoms with Gasteiger partial charge in [0.05, 0.1) is 27.4 Å². The number of aromatic nitrogens is 3. The van der Waals surface area contributed by atoms with Crippen LogP contribution in [0, 0.1) is 5.41 Å². The summed E-state index contributed by atoms with van der Waals surface area (Å²) >= 11 is 0. The van der Waals surface area contributed by atoms with E-state index in [2.05, 4.69) is 41.1 Å². The van der Waals surface area contributed by atoms with Crippen molar-refractivity contribution in [3.8, 4) is 5.75 Å². The second-order valence-electron chi connectivity index (χ2n) is 13.8. The Morgan fingerprint density at radius 3 is 1.89 bits per heavy atom. The first-order chi connectivity index (χ1) is 29.9. The van der Waals surface area contributed by atoms with E-state index in [1.54, 1.807) is 38.1 Å². The lowest BCUT2D eigenvalue weighted by molar-refractivity contribution is -0.153. The maximum atomic E-state index is 12.5. The summed E-state index contributed by atoms with van der Waals surface area (Å²) in [6.07, 6.45) is 0.537. The largest absolute Gasteiger partial charge is 0.505 e. The lowest BCUT2D eigenvalue weighted by Gasteiger charge is -2.20. The van der Waals surface area contributed by atoms with Gasteiger partial charge in [0.15, 0.2) is 5.75 Å². The Labute approximate surface area is 366 Å². The third-order valence-electron chi connectivity index (χ3n) is 9.07. The van der Waals surface area contributed by atoms with Gasteiger partial charge in [-0.15, -0.1) is 22.9 Å². The summed E-state index contributed by atoms with van der Waals surface area (Å²) in [5, 5.41) is 28.9. The molecule has 27 heteroatoms. The van der Waals surface area contributed by atoms with Crippen molar-refractivity contribution >= 4 is 109 Å². The van der Waals surface area contributed by atoms with Gasteiger partial charge in [0.2, 0.25) is 17.8 Å². The molecule has 6 rings (SSSR count). The smallest absolute Gasteiger partial charge is 0.425 e. The van der Waals surface area contributed by atoms with Gasteiger partial charge < -0.3 is 25.8 Å². The number of benzene rings is 5. The van der Waals surface area contributed by atoms with Gasteiger partial charge in [0, 0.05) is 16.5 Å². The molecule has 64 heavy (non-hydrogen) atoms. The lowest BCUT2D eigenvalue weighted by Crippen LogP contribution is -2.27. The fraction of sp³-hybridized carbons (Fsp3) is 0.189. The molecule has 0 radical (unpaired) electrons. The number of phenols is 1. The van der Waals surface area contributed by atoms with Gasteiger partial charge in [-0.1, -0.05) is 43.3 Å². The van der Waals surface area contributed by atoms with Gasteiger partial charge in [-0.3, -0.25) is 18.5 Å². The van der Waals surface area contributed by atoms with Crippen LogP contribution in [0.4, 0.5) is 40.6 Å². The first-order valence-electron chi connectivity index (χ1n) is 18.1. The molecule has 0 saturated carbocycles. The van der Waals surface area contributed by atoms with Gasteiger partial charge in [-0.25, -0.2) is 0 Å². The van der Waals surface area contributed by atoms with Crippen LogP contribution in [0.25, 0.3) is 21.5 Å². The number of anilines is 5. The zero-order valence-electron chi connectivity index (χ0n) is 33.4. The molecule has 0 saturated heterocycles. The van der Waals surface area contributed by atoms with Crippen LogP contribution in [0.15, 0.2) is 110 Å². The van der Waals surface area contributed by atoms with Gasteiger partial charge in [0.1, 0.15) is 22.9 Å². The molecular weight excluding hydrogens is 925 g/mol. The summed E-state index contributed by atoms with van der Waals surface area (Å²) in [7, 11) is -17.3. The predicted molar refractivity (Wildman–Crippen MR) is 229 cm³/mol. The van der Waals surface area contributed by atoms with Crippen molar-refractivity contribution in [1.29, 1.82) is 0 Å². The quantitative estimate of drug-likeness (QED) is 0.0272. The maximum Gasteiger partial charge on any atom is 0.425 e. The SMILES string of the molecule is CCC(C)(C)C(=O)OCCNc1nc(Nc2ccc(S(=O)(=O)O)cc2)nc(Nc2cc(S(=O)(=O)O)cc3ccc(N=Nc4ccc5ccccc5c4S(=O)(=O)O)c(O)c23)n1.O=S(=O)=O. The number of carbonyl (C=O) groups excluding carboxylic acids is 1. The van der Waals surface area contributed by atoms with E-state index in [4.69, 9.17) is 17.4 Å². The van der Waals surface area contributed by atoms with Crippen molar-refractivity contribution in [2.75, 3.05) is 29.1 Å². The van der Waals surface area contributed by atoms with Crippen LogP contribution >= 0.6 is 0 Å².